The molecular weight excluding hydrogens is 1180 g/mol. The Morgan fingerprint density at radius 1 is 0.292 bits per heavy atom. The number of nitrogens with zero attached hydrogens (tertiary/aromatic N) is 4. The molecule has 0 saturated carbocycles. The van der Waals surface area contributed by atoms with Crippen molar-refractivity contribution in [1.82, 2.24) is 0 Å². The van der Waals surface area contributed by atoms with Gasteiger partial charge in [0.15, 0.2) is 0 Å². The molecule has 368 valence electrons. The summed E-state index contributed by atoms with van der Waals surface area (Å²) in [7, 11) is -18.0. The summed E-state index contributed by atoms with van der Waals surface area (Å²) in [6.07, 6.45) is 11.8. The Morgan fingerprint density at radius 2 is 0.472 bits per heavy atom. The van der Waals surface area contributed by atoms with Crippen LogP contribution in [0.4, 0.5) is 0 Å². The van der Waals surface area contributed by atoms with E-state index in [1.54, 1.807) is 0 Å². The second-order valence-electron chi connectivity index (χ2n) is 15.5. The largest absolute Gasteiger partial charge is 0.248 e. The Kier molecular flexibility index (Phi) is 13.6. The fourth-order valence-electron chi connectivity index (χ4n) is 8.04. The lowest BCUT2D eigenvalue weighted by atomic mass is 9.98. The van der Waals surface area contributed by atoms with Crippen LogP contribution < -0.4 is 20.6 Å². The molecule has 0 unspecified atom stereocenters. The summed E-state index contributed by atoms with van der Waals surface area (Å²) in [6.45, 7) is 0. The number of aliphatic imine (C=N–C) groups is 4. The smallest absolute Gasteiger partial charge is 0.239 e. The zero-order valence-electron chi connectivity index (χ0n) is 35.3. The predicted molar refractivity (Wildman–Crippen MR) is 285 cm³/mol. The van der Waals surface area contributed by atoms with E-state index in [2.05, 4.69) is 0 Å². The first-order valence-corrected chi connectivity index (χ1v) is 28.9. The highest BCUT2D eigenvalue weighted by atomic mass is 35.5. The second-order valence-corrected chi connectivity index (χ2v) is 24.7. The first-order valence-electron chi connectivity index (χ1n) is 19.7. The van der Waals surface area contributed by atoms with Crippen LogP contribution in [0, 0.1) is 0 Å². The molecular formula is C44H24Cl8N8O8S4. The summed E-state index contributed by atoms with van der Waals surface area (Å²) >= 11 is 55.2. The van der Waals surface area contributed by atoms with Crippen molar-refractivity contribution in [2.24, 2.45) is 40.5 Å². The van der Waals surface area contributed by atoms with Crippen molar-refractivity contribution in [1.29, 1.82) is 0 Å². The Labute approximate surface area is 450 Å². The third-order valence-electron chi connectivity index (χ3n) is 11.1. The summed E-state index contributed by atoms with van der Waals surface area (Å²) in [5, 5.41) is 20.3. The fraction of sp³-hybridized carbons (Fsp3) is 0. The normalized spacial score (nSPS) is 16.9. The molecule has 0 amide bonds. The summed E-state index contributed by atoms with van der Waals surface area (Å²) in [4.78, 5) is 17.7. The fourth-order valence-corrected chi connectivity index (χ4v) is 14.0. The van der Waals surface area contributed by atoms with E-state index in [1.165, 1.54) is 72.9 Å². The van der Waals surface area contributed by atoms with Crippen LogP contribution in [0.15, 0.2) is 159 Å². The average molecular weight is 1200 g/mol. The van der Waals surface area contributed by atoms with Gasteiger partial charge in [-0.1, -0.05) is 92.8 Å². The van der Waals surface area contributed by atoms with E-state index in [1.807, 2.05) is 0 Å². The quantitative estimate of drug-likeness (QED) is 0.131. The number of hydrogen-bond acceptors (Lipinski definition) is 12. The maximum Gasteiger partial charge on any atom is 0.239 e. The molecule has 0 aliphatic carbocycles. The first kappa shape index (κ1) is 52.3. The summed E-state index contributed by atoms with van der Waals surface area (Å²) in [5.74, 6) is 0. The van der Waals surface area contributed by atoms with E-state index >= 15 is 0 Å². The van der Waals surface area contributed by atoms with Gasteiger partial charge in [-0.05, 0) is 97.1 Å². The van der Waals surface area contributed by atoms with Gasteiger partial charge in [0.2, 0.25) is 40.1 Å². The molecule has 8 bridgehead atoms. The molecule has 8 N–H and O–H groups in total. The maximum atomic E-state index is 12.9. The van der Waals surface area contributed by atoms with Gasteiger partial charge in [-0.25, -0.2) is 74.2 Å². The third kappa shape index (κ3) is 9.25. The molecule has 28 heteroatoms. The van der Waals surface area contributed by atoms with Gasteiger partial charge in [-0.2, -0.15) is 0 Å². The second kappa shape index (κ2) is 18.7. The molecule has 4 aromatic rings. The average Bonchev–Trinajstić information content (AvgIpc) is 4.11. The van der Waals surface area contributed by atoms with E-state index < -0.39 is 79.8 Å². The van der Waals surface area contributed by atoms with E-state index in [0.717, 1.165) is 24.3 Å². The first-order chi connectivity index (χ1) is 33.6. The highest BCUT2D eigenvalue weighted by Crippen LogP contribution is 2.48. The number of allylic oxidation sites excluding steroid dienone is 12. The molecule has 16 nitrogen and oxygen atoms in total. The van der Waals surface area contributed by atoms with Crippen LogP contribution in [0.3, 0.4) is 0 Å². The van der Waals surface area contributed by atoms with Crippen LogP contribution in [0.1, 0.15) is 22.3 Å². The van der Waals surface area contributed by atoms with Gasteiger partial charge in [0.05, 0.1) is 85.8 Å². The third-order valence-corrected chi connectivity index (χ3v) is 18.1. The lowest BCUT2D eigenvalue weighted by Gasteiger charge is -2.17. The summed E-state index contributed by atoms with van der Waals surface area (Å²) in [6, 6.07) is 9.37. The number of halogens is 8. The van der Waals surface area contributed by atoms with Crippen molar-refractivity contribution < 1.29 is 33.7 Å². The van der Waals surface area contributed by atoms with Gasteiger partial charge < -0.3 is 0 Å². The maximum absolute atomic E-state index is 12.9. The minimum Gasteiger partial charge on any atom is -0.248 e. The van der Waals surface area contributed by atoms with Gasteiger partial charge in [0, 0.05) is 44.5 Å². The van der Waals surface area contributed by atoms with Crippen LogP contribution in [0.2, 0.25) is 40.2 Å². The Hall–Kier alpha value is -4.56. The number of rotatable bonds is 8. The zero-order chi connectivity index (χ0) is 52.3. The van der Waals surface area contributed by atoms with Crippen LogP contribution in [-0.4, -0.2) is 56.5 Å². The summed E-state index contributed by atoms with van der Waals surface area (Å²) < 4.78 is 103. The van der Waals surface area contributed by atoms with Gasteiger partial charge in [-0.15, -0.1) is 0 Å². The van der Waals surface area contributed by atoms with Crippen molar-refractivity contribution in [3.8, 4) is 0 Å². The number of benzene rings is 4. The highest BCUT2D eigenvalue weighted by molar-refractivity contribution is 7.90. The molecule has 9 rings (SSSR count). The van der Waals surface area contributed by atoms with Crippen molar-refractivity contribution in [3.05, 3.63) is 182 Å². The lowest BCUT2D eigenvalue weighted by molar-refractivity contribution is 0.596. The van der Waals surface area contributed by atoms with E-state index in [4.69, 9.17) is 133 Å². The Bertz CT molecular complexity index is 3640. The molecule has 4 aromatic carbocycles. The number of primary sulfonamides is 4. The molecule has 0 saturated heterocycles. The van der Waals surface area contributed by atoms with Crippen LogP contribution >= 0.6 is 92.8 Å². The molecule has 5 aliphatic rings. The lowest BCUT2D eigenvalue weighted by Crippen LogP contribution is -2.14. The standard InChI is InChI=1S/C44H24Cl8N8O8S4/c45-17-1-13-29(69(53,61)62)41(49)33(17)37-21-5-7-23(57-21)38(34-18(46)2-14-30(42(34)50)70(54,63)64)25-9-11-27(59-25)40(36-20(48)4-16-32(44(36)52)72(56,67)68)28-12-10-26(60-28)39(24-8-6-22(37)58-24)35-19(47)3-15-31(43(35)51)71(55,65)66/h1-16H,(H2,53,61,62)(H2,54,63,64)(H2,55,65,66)(H2,56,67,68). The summed E-state index contributed by atoms with van der Waals surface area (Å²) in [5.41, 5.74) is -0.498. The Morgan fingerprint density at radius 3 is 0.639 bits per heavy atom. The monoisotopic (exact) mass is 1200 g/mol. The number of sulfonamides is 4. The molecule has 72 heavy (non-hydrogen) atoms. The highest BCUT2D eigenvalue weighted by Gasteiger charge is 2.35. The van der Waals surface area contributed by atoms with Crippen molar-refractivity contribution in [2.75, 3.05) is 0 Å². The molecule has 0 atom stereocenters. The van der Waals surface area contributed by atoms with Crippen LogP contribution in [-0.2, 0) is 40.1 Å². The molecule has 0 fully saturated rings. The topological polar surface area (TPSA) is 290 Å². The van der Waals surface area contributed by atoms with Crippen molar-refractivity contribution >= 4 is 178 Å². The predicted octanol–water partition coefficient (Wildman–Crippen LogP) is 9.51. The van der Waals surface area contributed by atoms with Crippen LogP contribution in [0.5, 0.6) is 0 Å². The molecule has 0 spiro atoms. The van der Waals surface area contributed by atoms with Gasteiger partial charge >= 0.3 is 0 Å². The minimum absolute atomic E-state index is 0.00410. The number of nitrogens with two attached hydrogens (primary N) is 4. The zero-order valence-corrected chi connectivity index (χ0v) is 44.6. The minimum atomic E-state index is -4.51. The van der Waals surface area contributed by atoms with E-state index in [0.29, 0.717) is 0 Å². The van der Waals surface area contributed by atoms with Crippen molar-refractivity contribution in [3.63, 3.8) is 0 Å². The van der Waals surface area contributed by atoms with Gasteiger partial charge in [0.25, 0.3) is 0 Å². The van der Waals surface area contributed by atoms with E-state index in [9.17, 15) is 33.7 Å². The van der Waals surface area contributed by atoms with Crippen LogP contribution in [0.25, 0.3) is 22.3 Å². The Balaban J connectivity index is 1.50. The SMILES string of the molecule is NS(=O)(=O)c1ccc(Cl)c(C2=C3C=CC(=N3)C(c3c(Cl)ccc(S(N)(=O)=O)c3Cl)=C3C=CC(=N3)C(c3c(Cl)ccc(S(N)(=O)=O)c3Cl)=C3C=CC(=N3)C(c3c(Cl)ccc(S(N)(=O)=O)c3Cl)=C3C=CC2=N3)c1Cl. The van der Waals surface area contributed by atoms with Gasteiger partial charge in [0.1, 0.15) is 19.6 Å². The molecule has 0 radical (unpaired) electrons. The molecule has 5 heterocycles. The van der Waals surface area contributed by atoms with Crippen molar-refractivity contribution in [2.45, 2.75) is 19.6 Å². The molecule has 0 aromatic heterocycles. The van der Waals surface area contributed by atoms with Gasteiger partial charge in [-0.3, -0.25) is 0 Å². The number of fused-ring (bicyclic) bond motifs is 4. The van der Waals surface area contributed by atoms with E-state index in [-0.39, 0.29) is 110 Å². The number of hydrogen-bond donors (Lipinski definition) is 4. The molecule has 5 aliphatic heterocycles.